The van der Waals surface area contributed by atoms with Crippen LogP contribution in [0, 0.1) is 0 Å². The van der Waals surface area contributed by atoms with Gasteiger partial charge in [0.2, 0.25) is 5.91 Å². The smallest absolute Gasteiger partial charge is 0.233 e. The summed E-state index contributed by atoms with van der Waals surface area (Å²) in [5, 5.41) is 4.90. The SMILES string of the molecule is CC1CN(C(=O)CSc2nc(-c3cccs3)c(-c3cccs3)[nH]2)CCO1. The quantitative estimate of drug-likeness (QED) is 0.646. The minimum atomic E-state index is 0.108. The molecule has 1 amide bonds. The molecule has 3 aromatic heterocycles. The summed E-state index contributed by atoms with van der Waals surface area (Å²) in [4.78, 5) is 24.8. The summed E-state index contributed by atoms with van der Waals surface area (Å²) >= 11 is 4.82. The third-order valence-corrected chi connectivity index (χ3v) is 6.75. The molecule has 1 aliphatic rings. The number of thiophene rings is 2. The van der Waals surface area contributed by atoms with E-state index in [1.54, 1.807) is 22.7 Å². The topological polar surface area (TPSA) is 58.2 Å². The van der Waals surface area contributed by atoms with Gasteiger partial charge in [-0.15, -0.1) is 22.7 Å². The summed E-state index contributed by atoms with van der Waals surface area (Å²) < 4.78 is 5.51. The first kappa shape index (κ1) is 17.8. The summed E-state index contributed by atoms with van der Waals surface area (Å²) in [6, 6.07) is 8.23. The third-order valence-electron chi connectivity index (χ3n) is 4.13. The van der Waals surface area contributed by atoms with E-state index in [1.807, 2.05) is 24.0 Å². The minimum Gasteiger partial charge on any atom is -0.375 e. The van der Waals surface area contributed by atoms with Gasteiger partial charge in [-0.3, -0.25) is 4.79 Å². The number of ether oxygens (including phenoxy) is 1. The van der Waals surface area contributed by atoms with Crippen LogP contribution in [0.25, 0.3) is 21.1 Å². The number of morpholine rings is 1. The molecular weight excluding hydrogens is 386 g/mol. The molecule has 0 aliphatic carbocycles. The molecule has 1 N–H and O–H groups in total. The van der Waals surface area contributed by atoms with Crippen molar-refractivity contribution in [3.05, 3.63) is 35.0 Å². The van der Waals surface area contributed by atoms with Crippen molar-refractivity contribution in [2.45, 2.75) is 18.2 Å². The summed E-state index contributed by atoms with van der Waals surface area (Å²) in [5.41, 5.74) is 1.98. The third kappa shape index (κ3) is 3.88. The van der Waals surface area contributed by atoms with E-state index in [4.69, 9.17) is 9.72 Å². The number of thioether (sulfide) groups is 1. The van der Waals surface area contributed by atoms with Crippen molar-refractivity contribution in [1.82, 2.24) is 14.9 Å². The molecular formula is C18H19N3O2S3. The molecule has 0 spiro atoms. The van der Waals surface area contributed by atoms with Crippen molar-refractivity contribution in [2.75, 3.05) is 25.4 Å². The van der Waals surface area contributed by atoms with Gasteiger partial charge in [-0.25, -0.2) is 4.98 Å². The van der Waals surface area contributed by atoms with E-state index in [-0.39, 0.29) is 12.0 Å². The van der Waals surface area contributed by atoms with E-state index in [9.17, 15) is 4.79 Å². The number of nitrogens with one attached hydrogen (secondary N) is 1. The Labute approximate surface area is 164 Å². The lowest BCUT2D eigenvalue weighted by molar-refractivity contribution is -0.135. The molecule has 4 rings (SSSR count). The highest BCUT2D eigenvalue weighted by Crippen LogP contribution is 2.36. The van der Waals surface area contributed by atoms with Gasteiger partial charge in [-0.05, 0) is 29.8 Å². The number of aromatic amines is 1. The molecule has 26 heavy (non-hydrogen) atoms. The average molecular weight is 406 g/mol. The Morgan fingerprint density at radius 2 is 2.12 bits per heavy atom. The van der Waals surface area contributed by atoms with Crippen molar-refractivity contribution < 1.29 is 9.53 Å². The Bertz CT molecular complexity index is 807. The first-order valence-electron chi connectivity index (χ1n) is 8.40. The fourth-order valence-electron chi connectivity index (χ4n) is 2.88. The van der Waals surface area contributed by atoms with Crippen LogP contribution in [0.4, 0.5) is 0 Å². The standard InChI is InChI=1S/C18H19N3O2S3/c1-12-10-21(6-7-23-12)15(22)11-26-18-19-16(13-4-2-8-24-13)17(20-18)14-5-3-9-25-14/h2-5,8-9,12H,6-7,10-11H2,1H3,(H,19,20). The summed E-state index contributed by atoms with van der Waals surface area (Å²) in [6.07, 6.45) is 0.108. The molecule has 1 aliphatic heterocycles. The zero-order valence-electron chi connectivity index (χ0n) is 14.3. The molecule has 136 valence electrons. The molecule has 5 nitrogen and oxygen atoms in total. The Morgan fingerprint density at radius 1 is 1.35 bits per heavy atom. The normalized spacial score (nSPS) is 17.6. The molecule has 4 heterocycles. The largest absolute Gasteiger partial charge is 0.375 e. The highest BCUT2D eigenvalue weighted by molar-refractivity contribution is 7.99. The Hall–Kier alpha value is -1.61. The van der Waals surface area contributed by atoms with Gasteiger partial charge in [0.25, 0.3) is 0 Å². The zero-order valence-corrected chi connectivity index (χ0v) is 16.8. The lowest BCUT2D eigenvalue weighted by atomic mass is 10.2. The molecule has 1 atom stereocenters. The monoisotopic (exact) mass is 405 g/mol. The number of amides is 1. The maximum absolute atomic E-state index is 12.5. The molecule has 0 saturated carbocycles. The van der Waals surface area contributed by atoms with Gasteiger partial charge >= 0.3 is 0 Å². The van der Waals surface area contributed by atoms with Gasteiger partial charge in [-0.2, -0.15) is 0 Å². The number of rotatable bonds is 5. The number of aromatic nitrogens is 2. The number of carbonyl (C=O) groups is 1. The molecule has 0 bridgehead atoms. The Morgan fingerprint density at radius 3 is 2.81 bits per heavy atom. The lowest BCUT2D eigenvalue weighted by Crippen LogP contribution is -2.45. The van der Waals surface area contributed by atoms with E-state index in [0.29, 0.717) is 25.4 Å². The molecule has 1 unspecified atom stereocenters. The first-order valence-corrected chi connectivity index (χ1v) is 11.1. The van der Waals surface area contributed by atoms with Crippen LogP contribution in [0.5, 0.6) is 0 Å². The number of hydrogen-bond donors (Lipinski definition) is 1. The van der Waals surface area contributed by atoms with Crippen molar-refractivity contribution >= 4 is 40.3 Å². The number of H-pyrrole nitrogens is 1. The van der Waals surface area contributed by atoms with Gasteiger partial charge in [-0.1, -0.05) is 23.9 Å². The highest BCUT2D eigenvalue weighted by Gasteiger charge is 2.22. The Balaban J connectivity index is 1.50. The second-order valence-electron chi connectivity index (χ2n) is 6.03. The molecule has 8 heteroatoms. The van der Waals surface area contributed by atoms with E-state index >= 15 is 0 Å². The summed E-state index contributed by atoms with van der Waals surface area (Å²) in [5.74, 6) is 0.519. The Kier molecular flexibility index (Phi) is 5.44. The van der Waals surface area contributed by atoms with E-state index in [0.717, 1.165) is 26.3 Å². The maximum Gasteiger partial charge on any atom is 0.233 e. The fourth-order valence-corrected chi connectivity index (χ4v) is 5.10. The predicted molar refractivity (Wildman–Crippen MR) is 108 cm³/mol. The predicted octanol–water partition coefficient (Wildman–Crippen LogP) is 4.21. The second kappa shape index (κ2) is 7.96. The van der Waals surface area contributed by atoms with E-state index in [1.165, 1.54) is 11.8 Å². The van der Waals surface area contributed by atoms with Crippen molar-refractivity contribution in [3.8, 4) is 21.1 Å². The van der Waals surface area contributed by atoms with Crippen LogP contribution in [0.3, 0.4) is 0 Å². The first-order chi connectivity index (χ1) is 12.7. The van der Waals surface area contributed by atoms with Crippen LogP contribution in [0.2, 0.25) is 0 Å². The molecule has 1 fully saturated rings. The average Bonchev–Trinajstić information content (AvgIpc) is 3.40. The highest BCUT2D eigenvalue weighted by atomic mass is 32.2. The molecule has 1 saturated heterocycles. The van der Waals surface area contributed by atoms with Crippen LogP contribution >= 0.6 is 34.4 Å². The summed E-state index contributed by atoms with van der Waals surface area (Å²) in [7, 11) is 0. The molecule has 0 aromatic carbocycles. The zero-order chi connectivity index (χ0) is 17.9. The number of imidazole rings is 1. The van der Waals surface area contributed by atoms with Crippen molar-refractivity contribution in [3.63, 3.8) is 0 Å². The second-order valence-corrected chi connectivity index (χ2v) is 8.89. The maximum atomic E-state index is 12.5. The molecule has 0 radical (unpaired) electrons. The van der Waals surface area contributed by atoms with Crippen molar-refractivity contribution in [1.29, 1.82) is 0 Å². The number of carbonyl (C=O) groups excluding carboxylic acids is 1. The van der Waals surface area contributed by atoms with Crippen LogP contribution in [-0.4, -0.2) is 52.3 Å². The van der Waals surface area contributed by atoms with Gasteiger partial charge in [0.15, 0.2) is 5.16 Å². The minimum absolute atomic E-state index is 0.108. The molecule has 3 aromatic rings. The van der Waals surface area contributed by atoms with Gasteiger partial charge in [0, 0.05) is 13.1 Å². The summed E-state index contributed by atoms with van der Waals surface area (Å²) in [6.45, 7) is 3.95. The van der Waals surface area contributed by atoms with E-state index in [2.05, 4.69) is 27.9 Å². The van der Waals surface area contributed by atoms with E-state index < -0.39 is 0 Å². The number of hydrogen-bond acceptors (Lipinski definition) is 6. The lowest BCUT2D eigenvalue weighted by Gasteiger charge is -2.31. The fraction of sp³-hybridized carbons (Fsp3) is 0.333. The van der Waals surface area contributed by atoms with Crippen LogP contribution in [-0.2, 0) is 9.53 Å². The van der Waals surface area contributed by atoms with Crippen LogP contribution < -0.4 is 0 Å². The van der Waals surface area contributed by atoms with Crippen LogP contribution in [0.1, 0.15) is 6.92 Å². The van der Waals surface area contributed by atoms with Crippen molar-refractivity contribution in [2.24, 2.45) is 0 Å². The van der Waals surface area contributed by atoms with Gasteiger partial charge in [0.05, 0.1) is 33.9 Å². The van der Waals surface area contributed by atoms with Gasteiger partial charge in [0.1, 0.15) is 5.69 Å². The van der Waals surface area contributed by atoms with Gasteiger partial charge < -0.3 is 14.6 Å². The van der Waals surface area contributed by atoms with Crippen LogP contribution in [0.15, 0.2) is 40.2 Å². The number of nitrogens with zero attached hydrogens (tertiary/aromatic N) is 2.